The van der Waals surface area contributed by atoms with Crippen molar-refractivity contribution in [2.45, 2.75) is 31.2 Å². The number of alkyl halides is 3. The number of anilines is 2. The zero-order valence-electron chi connectivity index (χ0n) is 22.9. The highest BCUT2D eigenvalue weighted by molar-refractivity contribution is 6.34. The number of carbonyl (C=O) groups excluding carboxylic acids is 2. The Kier molecular flexibility index (Phi) is 7.74. The van der Waals surface area contributed by atoms with Gasteiger partial charge in [-0.3, -0.25) is 13.9 Å². The number of hydrogen-bond donors (Lipinski definition) is 4. The lowest BCUT2D eigenvalue weighted by Crippen LogP contribution is -2.62. The van der Waals surface area contributed by atoms with Gasteiger partial charge in [-0.2, -0.15) is 23.5 Å². The SMILES string of the molecule is N#CCn1cc(-c2cnc3c(Nc4ccc(C(=O)N5CC(NC(=O)N[C@H]6CCNC6)C5)c(Cl)c4)nccn23)c(C(F)(F)F)n1. The maximum absolute atomic E-state index is 13.7. The number of nitrogens with one attached hydrogen (secondary N) is 4. The number of carbonyl (C=O) groups is 2. The largest absolute Gasteiger partial charge is 0.435 e. The van der Waals surface area contributed by atoms with Crippen LogP contribution in [0.2, 0.25) is 5.02 Å². The Balaban J connectivity index is 1.14. The second-order valence-corrected chi connectivity index (χ2v) is 10.8. The molecule has 0 saturated carbocycles. The zero-order chi connectivity index (χ0) is 31.0. The lowest BCUT2D eigenvalue weighted by Gasteiger charge is -2.39. The fourth-order valence-corrected chi connectivity index (χ4v) is 5.44. The number of halogens is 4. The van der Waals surface area contributed by atoms with Gasteiger partial charge in [-0.05, 0) is 31.2 Å². The van der Waals surface area contributed by atoms with Crippen LogP contribution in [0.3, 0.4) is 0 Å². The molecule has 3 aromatic heterocycles. The average molecular weight is 628 g/mol. The van der Waals surface area contributed by atoms with E-state index in [0.717, 1.165) is 30.4 Å². The molecule has 1 aromatic carbocycles. The molecular weight excluding hydrogens is 603 g/mol. The Bertz CT molecular complexity index is 1770. The second kappa shape index (κ2) is 11.7. The van der Waals surface area contributed by atoms with Crippen LogP contribution in [-0.2, 0) is 12.7 Å². The number of nitrogens with zero attached hydrogens (tertiary/aromatic N) is 7. The van der Waals surface area contributed by atoms with Crippen LogP contribution in [0.1, 0.15) is 22.5 Å². The summed E-state index contributed by atoms with van der Waals surface area (Å²) in [5.74, 6) is -0.0503. The minimum Gasteiger partial charge on any atom is -0.337 e. The standard InChI is InChI=1S/C27H25ClF3N11O2/c28-20-9-15(1-2-18(20)25(43)40-12-17(13-40)38-26(44)37-16-3-5-33-10-16)36-23-24-35-11-21(42(24)8-6-34-23)19-14-41(7-4-32)39-22(19)27(29,30)31/h1-2,6,8-9,11,14,16-17,33H,3,5,7,10,12-13H2,(H,34,36)(H2,37,38,44)/t16-/m0/s1. The number of urea groups is 1. The molecule has 2 fully saturated rings. The van der Waals surface area contributed by atoms with Crippen molar-refractivity contribution >= 4 is 40.7 Å². The Hall–Kier alpha value is -4.88. The Labute approximate surface area is 253 Å². The molecule has 0 unspecified atom stereocenters. The van der Waals surface area contributed by atoms with E-state index in [1.807, 2.05) is 0 Å². The topological polar surface area (TPSA) is 157 Å². The first kappa shape index (κ1) is 29.2. The van der Waals surface area contributed by atoms with Crippen molar-refractivity contribution in [2.24, 2.45) is 0 Å². The number of imidazole rings is 1. The summed E-state index contributed by atoms with van der Waals surface area (Å²) in [6, 6.07) is 6.18. The number of amides is 3. The maximum atomic E-state index is 13.7. The molecule has 1 atom stereocenters. The van der Waals surface area contributed by atoms with Gasteiger partial charge in [-0.15, -0.1) is 0 Å². The summed E-state index contributed by atoms with van der Waals surface area (Å²) >= 11 is 6.47. The Morgan fingerprint density at radius 1 is 1.18 bits per heavy atom. The molecule has 2 aliphatic rings. The molecule has 0 spiro atoms. The summed E-state index contributed by atoms with van der Waals surface area (Å²) in [6.07, 6.45) is 1.40. The molecule has 0 aliphatic carbocycles. The normalized spacial score (nSPS) is 16.9. The van der Waals surface area contributed by atoms with E-state index in [-0.39, 0.29) is 63.9 Å². The van der Waals surface area contributed by atoms with Gasteiger partial charge < -0.3 is 26.2 Å². The number of likely N-dealkylation sites (tertiary alicyclic amines) is 1. The zero-order valence-corrected chi connectivity index (χ0v) is 23.7. The average Bonchev–Trinajstić information content (AvgIpc) is 3.70. The first-order valence-corrected chi connectivity index (χ1v) is 14.0. The van der Waals surface area contributed by atoms with E-state index < -0.39 is 11.9 Å². The lowest BCUT2D eigenvalue weighted by atomic mass is 10.1. The molecule has 5 heterocycles. The summed E-state index contributed by atoms with van der Waals surface area (Å²) in [4.78, 5) is 35.3. The summed E-state index contributed by atoms with van der Waals surface area (Å²) < 4.78 is 43.5. The number of hydrogen-bond acceptors (Lipinski definition) is 8. The molecule has 4 aromatic rings. The van der Waals surface area contributed by atoms with Gasteiger partial charge in [0.2, 0.25) is 0 Å². The second-order valence-electron chi connectivity index (χ2n) is 10.4. The van der Waals surface area contributed by atoms with E-state index in [4.69, 9.17) is 16.9 Å². The Morgan fingerprint density at radius 2 is 1.98 bits per heavy atom. The van der Waals surface area contributed by atoms with Gasteiger partial charge >= 0.3 is 12.2 Å². The monoisotopic (exact) mass is 627 g/mol. The van der Waals surface area contributed by atoms with Gasteiger partial charge in [0.25, 0.3) is 5.91 Å². The molecule has 0 bridgehead atoms. The molecule has 6 rings (SSSR count). The van der Waals surface area contributed by atoms with Crippen LogP contribution >= 0.6 is 11.6 Å². The van der Waals surface area contributed by atoms with Crippen molar-refractivity contribution in [1.29, 1.82) is 5.26 Å². The van der Waals surface area contributed by atoms with Crippen LogP contribution in [0.15, 0.2) is 43.0 Å². The predicted molar refractivity (Wildman–Crippen MR) is 152 cm³/mol. The molecule has 17 heteroatoms. The van der Waals surface area contributed by atoms with E-state index >= 15 is 0 Å². The Morgan fingerprint density at radius 3 is 2.68 bits per heavy atom. The molecule has 44 heavy (non-hydrogen) atoms. The molecular formula is C27H25ClF3N11O2. The van der Waals surface area contributed by atoms with E-state index in [2.05, 4.69) is 36.3 Å². The minimum atomic E-state index is -4.75. The van der Waals surface area contributed by atoms with Crippen LogP contribution in [0.5, 0.6) is 0 Å². The smallest absolute Gasteiger partial charge is 0.337 e. The van der Waals surface area contributed by atoms with Crippen LogP contribution in [0.4, 0.5) is 29.5 Å². The predicted octanol–water partition coefficient (Wildman–Crippen LogP) is 3.02. The number of fused-ring (bicyclic) bond motifs is 1. The number of rotatable bonds is 7. The van der Waals surface area contributed by atoms with Crippen LogP contribution in [0.25, 0.3) is 16.9 Å². The molecule has 4 N–H and O–H groups in total. The van der Waals surface area contributed by atoms with E-state index in [1.165, 1.54) is 29.1 Å². The summed E-state index contributed by atoms with van der Waals surface area (Å²) in [5.41, 5.74) is -0.291. The highest BCUT2D eigenvalue weighted by Crippen LogP contribution is 2.37. The van der Waals surface area contributed by atoms with E-state index in [0.29, 0.717) is 18.8 Å². The fraction of sp³-hybridized carbons (Fsp3) is 0.333. The minimum absolute atomic E-state index is 0.0963. The summed E-state index contributed by atoms with van der Waals surface area (Å²) in [7, 11) is 0. The van der Waals surface area contributed by atoms with Crippen LogP contribution in [-0.4, -0.2) is 79.3 Å². The van der Waals surface area contributed by atoms with Crippen molar-refractivity contribution in [2.75, 3.05) is 31.5 Å². The molecule has 0 radical (unpaired) electrons. The van der Waals surface area contributed by atoms with Gasteiger partial charge in [0.05, 0.1) is 40.2 Å². The van der Waals surface area contributed by atoms with Crippen LogP contribution < -0.4 is 21.3 Å². The van der Waals surface area contributed by atoms with Gasteiger partial charge in [0.15, 0.2) is 17.2 Å². The van der Waals surface area contributed by atoms with Gasteiger partial charge in [-0.25, -0.2) is 14.8 Å². The first-order chi connectivity index (χ1) is 21.1. The van der Waals surface area contributed by atoms with Crippen molar-refractivity contribution in [3.63, 3.8) is 0 Å². The first-order valence-electron chi connectivity index (χ1n) is 13.6. The number of nitriles is 1. The van der Waals surface area contributed by atoms with E-state index in [9.17, 15) is 22.8 Å². The van der Waals surface area contributed by atoms with Gasteiger partial charge in [0.1, 0.15) is 6.54 Å². The quantitative estimate of drug-likeness (QED) is 0.244. The fourth-order valence-electron chi connectivity index (χ4n) is 5.18. The third-order valence-electron chi connectivity index (χ3n) is 7.33. The summed E-state index contributed by atoms with van der Waals surface area (Å²) in [6.45, 7) is 1.96. The lowest BCUT2D eigenvalue weighted by molar-refractivity contribution is -0.141. The van der Waals surface area contributed by atoms with Crippen molar-refractivity contribution in [3.8, 4) is 17.3 Å². The molecule has 2 aliphatic heterocycles. The van der Waals surface area contributed by atoms with Crippen molar-refractivity contribution in [3.05, 3.63) is 59.3 Å². The molecule has 13 nitrogen and oxygen atoms in total. The highest BCUT2D eigenvalue weighted by Gasteiger charge is 2.38. The number of benzene rings is 1. The van der Waals surface area contributed by atoms with E-state index in [1.54, 1.807) is 23.1 Å². The highest BCUT2D eigenvalue weighted by atomic mass is 35.5. The van der Waals surface area contributed by atoms with Crippen LogP contribution in [0, 0.1) is 11.3 Å². The van der Waals surface area contributed by atoms with Crippen molar-refractivity contribution < 1.29 is 22.8 Å². The molecule has 228 valence electrons. The van der Waals surface area contributed by atoms with Crippen molar-refractivity contribution in [1.82, 2.24) is 45.0 Å². The van der Waals surface area contributed by atoms with Gasteiger partial charge in [-0.1, -0.05) is 11.6 Å². The maximum Gasteiger partial charge on any atom is 0.435 e. The summed E-state index contributed by atoms with van der Waals surface area (Å²) in [5, 5.41) is 24.7. The number of aromatic nitrogens is 5. The molecule has 2 saturated heterocycles. The third kappa shape index (κ3) is 5.83. The molecule has 3 amide bonds. The van der Waals surface area contributed by atoms with Gasteiger partial charge in [0, 0.05) is 50.0 Å². The third-order valence-corrected chi connectivity index (χ3v) is 7.64.